The van der Waals surface area contributed by atoms with Gasteiger partial charge in [-0.25, -0.2) is 0 Å². The molecule has 0 saturated heterocycles. The molecular weight excluding hydrogens is 476 g/mol. The fraction of sp³-hybridized carbons (Fsp3) is 0.500. The molecule has 8 nitrogen and oxygen atoms in total. The number of nitrogens with two attached hydrogens (primary N) is 1. The molecule has 0 aliphatic heterocycles. The third-order valence-electron chi connectivity index (χ3n) is 6.17. The standard InChI is InChI=1S/C24H31ClN4O4S/c1-3-15(2)21(26)23(32)33-14-29-10-11-34-24(29)28-22(31)17-8-9-19(18(25)13-17)27-20(30)12-16-6-4-5-7-16/h8-11,13,15-16,21H,3-7,12,14,26H2,1-2H3,(H,27,30)/t15-,21-/m0/s1. The minimum absolute atomic E-state index is 0.00548. The summed E-state index contributed by atoms with van der Waals surface area (Å²) in [6.07, 6.45) is 7.45. The first-order valence-electron chi connectivity index (χ1n) is 11.5. The van der Waals surface area contributed by atoms with E-state index in [0.717, 1.165) is 19.3 Å². The van der Waals surface area contributed by atoms with Crippen LogP contribution in [0.4, 0.5) is 5.69 Å². The van der Waals surface area contributed by atoms with Crippen molar-refractivity contribution in [1.82, 2.24) is 4.57 Å². The molecule has 1 saturated carbocycles. The highest BCUT2D eigenvalue weighted by molar-refractivity contribution is 7.07. The largest absolute Gasteiger partial charge is 0.443 e. The van der Waals surface area contributed by atoms with E-state index < -0.39 is 17.9 Å². The minimum atomic E-state index is -0.703. The quantitative estimate of drug-likeness (QED) is 0.491. The van der Waals surface area contributed by atoms with Crippen LogP contribution in [0.25, 0.3) is 0 Å². The number of amides is 2. The van der Waals surface area contributed by atoms with E-state index in [0.29, 0.717) is 22.8 Å². The smallest absolute Gasteiger partial charge is 0.324 e. The highest BCUT2D eigenvalue weighted by Gasteiger charge is 2.21. The van der Waals surface area contributed by atoms with Gasteiger partial charge in [-0.3, -0.25) is 19.0 Å². The van der Waals surface area contributed by atoms with E-state index in [9.17, 15) is 14.4 Å². The molecule has 2 atom stereocenters. The van der Waals surface area contributed by atoms with Gasteiger partial charge in [0.25, 0.3) is 5.91 Å². The maximum atomic E-state index is 12.7. The molecule has 2 amide bonds. The van der Waals surface area contributed by atoms with Crippen molar-refractivity contribution in [2.24, 2.45) is 22.6 Å². The van der Waals surface area contributed by atoms with Crippen LogP contribution in [0.5, 0.6) is 0 Å². The summed E-state index contributed by atoms with van der Waals surface area (Å²) in [5, 5.41) is 4.84. The molecule has 3 N–H and O–H groups in total. The van der Waals surface area contributed by atoms with Crippen LogP contribution in [0.15, 0.2) is 34.8 Å². The lowest BCUT2D eigenvalue weighted by molar-refractivity contribution is -0.150. The summed E-state index contributed by atoms with van der Waals surface area (Å²) in [7, 11) is 0. The Morgan fingerprint density at radius 2 is 2.06 bits per heavy atom. The molecule has 3 rings (SSSR count). The molecule has 184 valence electrons. The van der Waals surface area contributed by atoms with Gasteiger partial charge in [-0.15, -0.1) is 11.3 Å². The van der Waals surface area contributed by atoms with E-state index in [2.05, 4.69) is 10.3 Å². The van der Waals surface area contributed by atoms with Crippen LogP contribution in [0.2, 0.25) is 5.02 Å². The van der Waals surface area contributed by atoms with Crippen molar-refractivity contribution < 1.29 is 19.1 Å². The van der Waals surface area contributed by atoms with Gasteiger partial charge in [-0.05, 0) is 42.9 Å². The van der Waals surface area contributed by atoms with Gasteiger partial charge in [0.1, 0.15) is 6.04 Å². The number of aromatic nitrogens is 1. The van der Waals surface area contributed by atoms with Crippen molar-refractivity contribution in [3.05, 3.63) is 45.2 Å². The maximum Gasteiger partial charge on any atom is 0.324 e. The second-order valence-electron chi connectivity index (χ2n) is 8.67. The van der Waals surface area contributed by atoms with Crippen molar-refractivity contribution in [1.29, 1.82) is 0 Å². The minimum Gasteiger partial charge on any atom is -0.443 e. The second kappa shape index (κ2) is 12.3. The Balaban J connectivity index is 1.63. The van der Waals surface area contributed by atoms with Crippen LogP contribution >= 0.6 is 22.9 Å². The first kappa shape index (κ1) is 26.1. The highest BCUT2D eigenvalue weighted by Crippen LogP contribution is 2.29. The van der Waals surface area contributed by atoms with Crippen molar-refractivity contribution in [2.45, 2.75) is 65.1 Å². The molecule has 1 aromatic carbocycles. The number of ether oxygens (including phenoxy) is 1. The van der Waals surface area contributed by atoms with Crippen molar-refractivity contribution in [3.8, 4) is 0 Å². The number of esters is 1. The van der Waals surface area contributed by atoms with E-state index in [1.807, 2.05) is 13.8 Å². The summed E-state index contributed by atoms with van der Waals surface area (Å²) in [5.74, 6) is -0.626. The van der Waals surface area contributed by atoms with Crippen molar-refractivity contribution >= 4 is 46.4 Å². The molecular formula is C24H31ClN4O4S. The molecule has 2 aromatic rings. The van der Waals surface area contributed by atoms with Crippen molar-refractivity contribution in [2.75, 3.05) is 5.32 Å². The van der Waals surface area contributed by atoms with Gasteiger partial charge in [0.15, 0.2) is 11.5 Å². The molecule has 1 aliphatic carbocycles. The Morgan fingerprint density at radius 1 is 1.32 bits per heavy atom. The lowest BCUT2D eigenvalue weighted by Gasteiger charge is -2.16. The molecule has 0 unspecified atom stereocenters. The number of hydrogen-bond donors (Lipinski definition) is 2. The van der Waals surface area contributed by atoms with Crippen LogP contribution in [0.1, 0.15) is 62.7 Å². The zero-order chi connectivity index (χ0) is 24.7. The van der Waals surface area contributed by atoms with E-state index in [4.69, 9.17) is 22.1 Å². The van der Waals surface area contributed by atoms with Gasteiger partial charge in [0.05, 0.1) is 10.7 Å². The van der Waals surface area contributed by atoms with Crippen LogP contribution in [-0.4, -0.2) is 28.4 Å². The third kappa shape index (κ3) is 7.01. The topological polar surface area (TPSA) is 116 Å². The summed E-state index contributed by atoms with van der Waals surface area (Å²) in [6, 6.07) is 3.97. The average molecular weight is 507 g/mol. The van der Waals surface area contributed by atoms with Crippen LogP contribution < -0.4 is 15.9 Å². The highest BCUT2D eigenvalue weighted by atomic mass is 35.5. The van der Waals surface area contributed by atoms with E-state index >= 15 is 0 Å². The first-order chi connectivity index (χ1) is 16.3. The van der Waals surface area contributed by atoms with Gasteiger partial charge in [0, 0.05) is 23.6 Å². The van der Waals surface area contributed by atoms with Gasteiger partial charge in [0.2, 0.25) is 5.91 Å². The number of thiazole rings is 1. The number of nitrogens with zero attached hydrogens (tertiary/aromatic N) is 2. The van der Waals surface area contributed by atoms with Crippen LogP contribution in [-0.2, 0) is 21.1 Å². The molecule has 1 aromatic heterocycles. The number of carbonyl (C=O) groups is 3. The zero-order valence-corrected chi connectivity index (χ0v) is 21.0. The number of carbonyl (C=O) groups excluding carboxylic acids is 3. The number of anilines is 1. The fourth-order valence-electron chi connectivity index (χ4n) is 3.78. The molecule has 1 fully saturated rings. The number of nitrogens with one attached hydrogen (secondary N) is 1. The lowest BCUT2D eigenvalue weighted by Crippen LogP contribution is -2.38. The first-order valence-corrected chi connectivity index (χ1v) is 12.8. The second-order valence-corrected chi connectivity index (χ2v) is 9.95. The predicted molar refractivity (Wildman–Crippen MR) is 132 cm³/mol. The molecule has 34 heavy (non-hydrogen) atoms. The Labute approximate surface area is 208 Å². The molecule has 0 radical (unpaired) electrons. The summed E-state index contributed by atoms with van der Waals surface area (Å²) < 4.78 is 6.85. The van der Waals surface area contributed by atoms with E-state index in [1.165, 1.54) is 30.2 Å². The third-order valence-corrected chi connectivity index (χ3v) is 7.28. The predicted octanol–water partition coefficient (Wildman–Crippen LogP) is 4.34. The normalized spacial score (nSPS) is 16.3. The number of rotatable bonds is 9. The van der Waals surface area contributed by atoms with E-state index in [-0.39, 0.29) is 29.1 Å². The van der Waals surface area contributed by atoms with Gasteiger partial charge in [-0.2, -0.15) is 4.99 Å². The Kier molecular flexibility index (Phi) is 9.44. The molecule has 1 heterocycles. The van der Waals surface area contributed by atoms with Crippen LogP contribution in [0.3, 0.4) is 0 Å². The Bertz CT molecular complexity index is 1090. The Morgan fingerprint density at radius 3 is 2.74 bits per heavy atom. The van der Waals surface area contributed by atoms with Gasteiger partial charge < -0.3 is 15.8 Å². The maximum absolute atomic E-state index is 12.7. The number of benzene rings is 1. The molecule has 10 heteroatoms. The molecule has 0 bridgehead atoms. The van der Waals surface area contributed by atoms with Crippen LogP contribution in [0, 0.1) is 11.8 Å². The summed E-state index contributed by atoms with van der Waals surface area (Å²) >= 11 is 7.56. The average Bonchev–Trinajstić information content (AvgIpc) is 3.49. The van der Waals surface area contributed by atoms with Gasteiger partial charge in [-0.1, -0.05) is 44.7 Å². The van der Waals surface area contributed by atoms with Gasteiger partial charge >= 0.3 is 5.97 Å². The molecule has 1 aliphatic rings. The van der Waals surface area contributed by atoms with Crippen molar-refractivity contribution in [3.63, 3.8) is 0 Å². The molecule has 0 spiro atoms. The zero-order valence-electron chi connectivity index (χ0n) is 19.5. The SMILES string of the molecule is CC[C@H](C)[C@H](N)C(=O)OCn1ccsc1=NC(=O)c1ccc(NC(=O)CC2CCCC2)c(Cl)c1. The number of halogens is 1. The lowest BCUT2D eigenvalue weighted by atomic mass is 10.0. The monoisotopic (exact) mass is 506 g/mol. The number of hydrogen-bond acceptors (Lipinski definition) is 6. The Hall–Kier alpha value is -2.49. The summed E-state index contributed by atoms with van der Waals surface area (Å²) in [5.41, 5.74) is 6.66. The summed E-state index contributed by atoms with van der Waals surface area (Å²) in [6.45, 7) is 3.75. The van der Waals surface area contributed by atoms with E-state index in [1.54, 1.807) is 28.3 Å². The fourth-order valence-corrected chi connectivity index (χ4v) is 4.72. The summed E-state index contributed by atoms with van der Waals surface area (Å²) in [4.78, 5) is 41.7.